The van der Waals surface area contributed by atoms with Crippen molar-refractivity contribution in [1.82, 2.24) is 9.99 Å². The second-order valence-corrected chi connectivity index (χ2v) is 11.6. The smallest absolute Gasteiger partial charge is 0.264 e. The second kappa shape index (κ2) is 12.4. The molecular formula is C29H29BrN4O5S. The van der Waals surface area contributed by atoms with E-state index in [1.165, 1.54) is 38.6 Å². The Morgan fingerprint density at radius 2 is 1.70 bits per heavy atom. The zero-order chi connectivity index (χ0) is 28.9. The van der Waals surface area contributed by atoms with E-state index in [0.717, 1.165) is 31.4 Å². The van der Waals surface area contributed by atoms with E-state index in [4.69, 9.17) is 9.47 Å². The minimum atomic E-state index is -4.15. The fraction of sp³-hybridized carbons (Fsp3) is 0.172. The third-order valence-electron chi connectivity index (χ3n) is 6.22. The molecule has 9 nitrogen and oxygen atoms in total. The fourth-order valence-corrected chi connectivity index (χ4v) is 5.97. The van der Waals surface area contributed by atoms with E-state index < -0.39 is 22.5 Å². The molecule has 0 unspecified atom stereocenters. The van der Waals surface area contributed by atoms with Gasteiger partial charge in [-0.1, -0.05) is 34.1 Å². The number of rotatable bonds is 10. The lowest BCUT2D eigenvalue weighted by Crippen LogP contribution is -2.39. The van der Waals surface area contributed by atoms with Crippen LogP contribution in [0, 0.1) is 13.8 Å². The molecular weight excluding hydrogens is 596 g/mol. The van der Waals surface area contributed by atoms with E-state index in [1.807, 2.05) is 44.2 Å². The number of nitrogens with one attached hydrogen (secondary N) is 1. The predicted molar refractivity (Wildman–Crippen MR) is 159 cm³/mol. The molecule has 208 valence electrons. The van der Waals surface area contributed by atoms with Crippen molar-refractivity contribution in [1.29, 1.82) is 0 Å². The van der Waals surface area contributed by atoms with E-state index in [1.54, 1.807) is 30.3 Å². The molecule has 40 heavy (non-hydrogen) atoms. The first-order chi connectivity index (χ1) is 19.1. The fourth-order valence-electron chi connectivity index (χ4n) is 4.26. The number of carbonyl (C=O) groups excluding carboxylic acids is 1. The van der Waals surface area contributed by atoms with E-state index in [-0.39, 0.29) is 16.3 Å². The third-order valence-corrected chi connectivity index (χ3v) is 8.52. The number of sulfonamides is 1. The van der Waals surface area contributed by atoms with Crippen LogP contribution in [0.3, 0.4) is 0 Å². The second-order valence-electron chi connectivity index (χ2n) is 8.79. The van der Waals surface area contributed by atoms with E-state index in [2.05, 4.69) is 31.0 Å². The monoisotopic (exact) mass is 624 g/mol. The zero-order valence-corrected chi connectivity index (χ0v) is 24.9. The molecule has 1 amide bonds. The normalized spacial score (nSPS) is 11.4. The number of halogens is 1. The molecule has 0 fully saturated rings. The molecule has 0 saturated carbocycles. The van der Waals surface area contributed by atoms with E-state index in [9.17, 15) is 13.2 Å². The molecule has 0 spiro atoms. The number of hydrazone groups is 1. The van der Waals surface area contributed by atoms with E-state index >= 15 is 0 Å². The van der Waals surface area contributed by atoms with Gasteiger partial charge in [0.15, 0.2) is 0 Å². The zero-order valence-electron chi connectivity index (χ0n) is 22.5. The number of nitrogens with zero attached hydrogens (tertiary/aromatic N) is 3. The van der Waals surface area contributed by atoms with Crippen LogP contribution in [0.15, 0.2) is 93.3 Å². The number of anilines is 1. The van der Waals surface area contributed by atoms with Crippen molar-refractivity contribution in [2.24, 2.45) is 5.10 Å². The van der Waals surface area contributed by atoms with Crippen LogP contribution in [0.2, 0.25) is 0 Å². The lowest BCUT2D eigenvalue weighted by Gasteiger charge is -2.25. The number of benzene rings is 3. The van der Waals surface area contributed by atoms with Crippen LogP contribution in [0.4, 0.5) is 5.69 Å². The predicted octanol–water partition coefficient (Wildman–Crippen LogP) is 5.22. The topological polar surface area (TPSA) is 102 Å². The molecule has 1 heterocycles. The molecule has 0 bridgehead atoms. The van der Waals surface area contributed by atoms with Gasteiger partial charge in [0.05, 0.1) is 31.0 Å². The van der Waals surface area contributed by atoms with Gasteiger partial charge in [0.2, 0.25) is 0 Å². The number of hydrogen-bond acceptors (Lipinski definition) is 6. The summed E-state index contributed by atoms with van der Waals surface area (Å²) in [5.74, 6) is 0.0305. The molecule has 0 aliphatic rings. The summed E-state index contributed by atoms with van der Waals surface area (Å²) in [4.78, 5) is 13.1. The largest absolute Gasteiger partial charge is 0.497 e. The lowest BCUT2D eigenvalue weighted by atomic mass is 10.2. The quantitative estimate of drug-likeness (QED) is 0.192. The Hall–Kier alpha value is -4.09. The average molecular weight is 626 g/mol. The summed E-state index contributed by atoms with van der Waals surface area (Å²) < 4.78 is 42.1. The first kappa shape index (κ1) is 28.9. The number of carbonyl (C=O) groups is 1. The summed E-state index contributed by atoms with van der Waals surface area (Å²) in [6.45, 7) is 3.40. The van der Waals surface area contributed by atoms with Crippen LogP contribution in [0.25, 0.3) is 5.69 Å². The Kier molecular flexibility index (Phi) is 8.96. The summed E-state index contributed by atoms with van der Waals surface area (Å²) in [6.07, 6.45) is 1.54. The van der Waals surface area contributed by atoms with Crippen molar-refractivity contribution >= 4 is 43.8 Å². The number of methoxy groups -OCH3 is 2. The van der Waals surface area contributed by atoms with Crippen molar-refractivity contribution in [3.63, 3.8) is 0 Å². The summed E-state index contributed by atoms with van der Waals surface area (Å²) in [5.41, 5.74) is 6.36. The Bertz CT molecular complexity index is 1640. The standard InChI is InChI=1S/C29H29BrN4O5S/c1-20-16-22(21(2)34(20)24-12-10-23(30)11-13-24)18-31-32-29(35)19-33(40(36,37)26-8-6-5-7-9-26)27-17-25(38-3)14-15-28(27)39-4/h5-18H,19H2,1-4H3,(H,32,35)/b31-18-. The molecule has 1 aromatic heterocycles. The van der Waals surface area contributed by atoms with Crippen molar-refractivity contribution < 1.29 is 22.7 Å². The molecule has 0 saturated heterocycles. The molecule has 0 aliphatic heterocycles. The third kappa shape index (κ3) is 6.21. The molecule has 0 radical (unpaired) electrons. The highest BCUT2D eigenvalue weighted by molar-refractivity contribution is 9.10. The average Bonchev–Trinajstić information content (AvgIpc) is 3.24. The Labute approximate surface area is 242 Å². The molecule has 1 N–H and O–H groups in total. The van der Waals surface area contributed by atoms with Gasteiger partial charge in [0.25, 0.3) is 15.9 Å². The highest BCUT2D eigenvalue weighted by Crippen LogP contribution is 2.35. The van der Waals surface area contributed by atoms with Crippen LogP contribution < -0.4 is 19.2 Å². The molecule has 3 aromatic carbocycles. The van der Waals surface area contributed by atoms with Crippen LogP contribution in [-0.2, 0) is 14.8 Å². The van der Waals surface area contributed by atoms with Gasteiger partial charge in [-0.15, -0.1) is 0 Å². The minimum Gasteiger partial charge on any atom is -0.497 e. The van der Waals surface area contributed by atoms with Gasteiger partial charge >= 0.3 is 0 Å². The van der Waals surface area contributed by atoms with Gasteiger partial charge in [0.1, 0.15) is 18.0 Å². The first-order valence-corrected chi connectivity index (χ1v) is 14.5. The van der Waals surface area contributed by atoms with Crippen LogP contribution >= 0.6 is 15.9 Å². The molecule has 0 aliphatic carbocycles. The lowest BCUT2D eigenvalue weighted by molar-refractivity contribution is -0.119. The number of amides is 1. The van der Waals surface area contributed by atoms with Crippen LogP contribution in [0.1, 0.15) is 17.0 Å². The van der Waals surface area contributed by atoms with Gasteiger partial charge in [0, 0.05) is 33.2 Å². The van der Waals surface area contributed by atoms with E-state index in [0.29, 0.717) is 5.75 Å². The number of aromatic nitrogens is 1. The molecule has 11 heteroatoms. The maximum Gasteiger partial charge on any atom is 0.264 e. The number of aryl methyl sites for hydroxylation is 1. The first-order valence-electron chi connectivity index (χ1n) is 12.2. The summed E-state index contributed by atoms with van der Waals surface area (Å²) >= 11 is 3.46. The highest BCUT2D eigenvalue weighted by atomic mass is 79.9. The summed E-state index contributed by atoms with van der Waals surface area (Å²) in [5, 5.41) is 4.12. The highest BCUT2D eigenvalue weighted by Gasteiger charge is 2.30. The number of hydrogen-bond donors (Lipinski definition) is 1. The van der Waals surface area contributed by atoms with Crippen molar-refractivity contribution in [3.8, 4) is 17.2 Å². The summed E-state index contributed by atoms with van der Waals surface area (Å²) in [6, 6.07) is 22.5. The number of ether oxygens (including phenoxy) is 2. The Balaban J connectivity index is 1.60. The van der Waals surface area contributed by atoms with Gasteiger partial charge in [-0.2, -0.15) is 5.10 Å². The van der Waals surface area contributed by atoms with Gasteiger partial charge in [-0.25, -0.2) is 13.8 Å². The Morgan fingerprint density at radius 3 is 2.35 bits per heavy atom. The van der Waals surface area contributed by atoms with Gasteiger partial charge in [-0.05, 0) is 68.4 Å². The molecule has 4 aromatic rings. The van der Waals surface area contributed by atoms with Crippen molar-refractivity contribution in [2.75, 3.05) is 25.1 Å². The maximum absolute atomic E-state index is 13.7. The van der Waals surface area contributed by atoms with Crippen LogP contribution in [-0.4, -0.2) is 45.9 Å². The summed E-state index contributed by atoms with van der Waals surface area (Å²) in [7, 11) is -1.25. The van der Waals surface area contributed by atoms with Gasteiger partial charge < -0.3 is 14.0 Å². The van der Waals surface area contributed by atoms with Crippen molar-refractivity contribution in [3.05, 3.63) is 100 Å². The Morgan fingerprint density at radius 1 is 1.00 bits per heavy atom. The maximum atomic E-state index is 13.7. The van der Waals surface area contributed by atoms with Gasteiger partial charge in [-0.3, -0.25) is 9.10 Å². The van der Waals surface area contributed by atoms with Crippen molar-refractivity contribution in [2.45, 2.75) is 18.7 Å². The molecule has 4 rings (SSSR count). The minimum absolute atomic E-state index is 0.0246. The van der Waals surface area contributed by atoms with Crippen LogP contribution in [0.5, 0.6) is 11.5 Å². The SMILES string of the molecule is COc1ccc(OC)c(N(CC(=O)N/N=C\c2cc(C)n(-c3ccc(Br)cc3)c2C)S(=O)(=O)c2ccccc2)c1. The molecule has 0 atom stereocenters.